The maximum atomic E-state index is 2.39. The van der Waals surface area contributed by atoms with Gasteiger partial charge in [-0.15, -0.1) is 0 Å². The van der Waals surface area contributed by atoms with Gasteiger partial charge in [0.2, 0.25) is 0 Å². The lowest BCUT2D eigenvalue weighted by Crippen LogP contribution is -2.11. The summed E-state index contributed by atoms with van der Waals surface area (Å²) in [7, 11) is 0. The van der Waals surface area contributed by atoms with Gasteiger partial charge >= 0.3 is 0 Å². The van der Waals surface area contributed by atoms with E-state index in [4.69, 9.17) is 0 Å². The van der Waals surface area contributed by atoms with E-state index in [0.717, 1.165) is 84.6 Å². The molecule has 0 fully saturated rings. The molecule has 0 amide bonds. The van der Waals surface area contributed by atoms with Gasteiger partial charge in [0.1, 0.15) is 0 Å². The highest BCUT2D eigenvalue weighted by molar-refractivity contribution is 5.92. The Kier molecular flexibility index (Phi) is 12.1. The summed E-state index contributed by atoms with van der Waals surface area (Å²) in [5, 5.41) is 0. The van der Waals surface area contributed by atoms with Crippen molar-refractivity contribution in [1.29, 1.82) is 0 Å². The van der Waals surface area contributed by atoms with Gasteiger partial charge in [-0.25, -0.2) is 0 Å². The second-order valence-electron chi connectivity index (χ2n) is 17.0. The molecule has 0 aliphatic rings. The molecule has 0 aliphatic carbocycles. The molecule has 0 bridgehead atoms. The largest absolute Gasteiger partial charge is 0.311 e. The molecule has 0 radical (unpaired) electrons. The van der Waals surface area contributed by atoms with Crippen molar-refractivity contribution in [3.63, 3.8) is 0 Å². The van der Waals surface area contributed by atoms with Crippen LogP contribution >= 0.6 is 0 Å². The lowest BCUT2D eigenvalue weighted by molar-refractivity contribution is 1.28. The first-order valence-corrected chi connectivity index (χ1v) is 23.5. The average molecular weight is 884 g/mol. The third kappa shape index (κ3) is 9.18. The van der Waals surface area contributed by atoms with Crippen LogP contribution in [0.1, 0.15) is 0 Å². The van der Waals surface area contributed by atoms with Crippen LogP contribution in [0.25, 0.3) is 44.5 Å². The third-order valence-electron chi connectivity index (χ3n) is 12.7. The van der Waals surface area contributed by atoms with Gasteiger partial charge in [0.05, 0.1) is 5.69 Å². The van der Waals surface area contributed by atoms with Crippen molar-refractivity contribution in [2.24, 2.45) is 0 Å². The van der Waals surface area contributed by atoms with Gasteiger partial charge in [-0.1, -0.05) is 188 Å². The summed E-state index contributed by atoms with van der Waals surface area (Å²) in [4.78, 5) is 6.99. The summed E-state index contributed by atoms with van der Waals surface area (Å²) in [5.74, 6) is 0. The molecule has 11 aromatic carbocycles. The van der Waals surface area contributed by atoms with Crippen LogP contribution in [0.15, 0.2) is 297 Å². The standard InChI is InChI=1S/C66H49N3/c1-7-19-50(20-8-1)56-39-48-66(65(49-56)55-21-9-2-10-22-55)69(63-44-35-53(36-45-63)51-31-40-61(41-32-51)67(57-23-11-3-12-24-57)58-25-13-4-14-26-58)64-46-37-54(38-47-64)52-33-42-62(43-34-52)68(59-27-15-5-16-28-59)60-29-17-6-18-30-60/h1-49H. The molecule has 11 aromatic rings. The zero-order valence-corrected chi connectivity index (χ0v) is 38.1. The van der Waals surface area contributed by atoms with Gasteiger partial charge in [0, 0.05) is 51.1 Å². The van der Waals surface area contributed by atoms with Crippen LogP contribution in [0.2, 0.25) is 0 Å². The quantitative estimate of drug-likeness (QED) is 0.114. The molecule has 328 valence electrons. The molecular formula is C66H49N3. The summed E-state index contributed by atoms with van der Waals surface area (Å²) < 4.78 is 0. The molecule has 0 spiro atoms. The van der Waals surface area contributed by atoms with Crippen molar-refractivity contribution in [3.05, 3.63) is 297 Å². The molecule has 0 aliphatic heterocycles. The van der Waals surface area contributed by atoms with Crippen molar-refractivity contribution in [2.45, 2.75) is 0 Å². The number of hydrogen-bond donors (Lipinski definition) is 0. The van der Waals surface area contributed by atoms with E-state index in [1.54, 1.807) is 0 Å². The minimum atomic E-state index is 1.07. The first kappa shape index (κ1) is 42.5. The van der Waals surface area contributed by atoms with Crippen molar-refractivity contribution in [3.8, 4) is 44.5 Å². The van der Waals surface area contributed by atoms with Crippen LogP contribution in [0.3, 0.4) is 0 Å². The van der Waals surface area contributed by atoms with Crippen molar-refractivity contribution >= 4 is 51.2 Å². The average Bonchev–Trinajstić information content (AvgIpc) is 3.44. The number of benzene rings is 11. The van der Waals surface area contributed by atoms with E-state index in [0.29, 0.717) is 0 Å². The molecule has 0 saturated heterocycles. The van der Waals surface area contributed by atoms with E-state index >= 15 is 0 Å². The van der Waals surface area contributed by atoms with Gasteiger partial charge in [0.15, 0.2) is 0 Å². The summed E-state index contributed by atoms with van der Waals surface area (Å²) in [6, 6.07) is 106. The molecule has 0 aromatic heterocycles. The van der Waals surface area contributed by atoms with Crippen LogP contribution in [0, 0.1) is 0 Å². The normalized spacial score (nSPS) is 10.9. The Labute approximate surface area is 405 Å². The smallest absolute Gasteiger partial charge is 0.0540 e. The van der Waals surface area contributed by atoms with Crippen molar-refractivity contribution < 1.29 is 0 Å². The molecular weight excluding hydrogens is 835 g/mol. The van der Waals surface area contributed by atoms with Gasteiger partial charge in [0.25, 0.3) is 0 Å². The number of nitrogens with zero attached hydrogens (tertiary/aromatic N) is 3. The van der Waals surface area contributed by atoms with E-state index in [9.17, 15) is 0 Å². The first-order valence-electron chi connectivity index (χ1n) is 23.5. The van der Waals surface area contributed by atoms with Crippen LogP contribution in [0.5, 0.6) is 0 Å². The molecule has 0 unspecified atom stereocenters. The van der Waals surface area contributed by atoms with E-state index in [1.807, 2.05) is 0 Å². The van der Waals surface area contributed by atoms with Gasteiger partial charge in [-0.05, 0) is 148 Å². The SMILES string of the molecule is c1ccc(-c2ccc(N(c3ccc(-c4ccc(N(c5ccccc5)c5ccccc5)cc4)cc3)c3ccc(-c4ccc(N(c5ccccc5)c5ccccc5)cc4)cc3)c(-c3ccccc3)c2)cc1. The number of para-hydroxylation sites is 4. The van der Waals surface area contributed by atoms with Crippen LogP contribution in [-0.2, 0) is 0 Å². The molecule has 11 rings (SSSR count). The summed E-state index contributed by atoms with van der Waals surface area (Å²) in [5.41, 5.74) is 19.2. The highest BCUT2D eigenvalue weighted by atomic mass is 15.2. The Morgan fingerprint density at radius 3 is 0.710 bits per heavy atom. The van der Waals surface area contributed by atoms with Crippen molar-refractivity contribution in [2.75, 3.05) is 14.7 Å². The zero-order valence-electron chi connectivity index (χ0n) is 38.1. The molecule has 0 saturated carbocycles. The number of anilines is 9. The highest BCUT2D eigenvalue weighted by Crippen LogP contribution is 2.44. The van der Waals surface area contributed by atoms with Crippen LogP contribution < -0.4 is 14.7 Å². The number of rotatable bonds is 13. The zero-order chi connectivity index (χ0) is 46.2. The maximum absolute atomic E-state index is 2.39. The minimum absolute atomic E-state index is 1.07. The Morgan fingerprint density at radius 2 is 0.391 bits per heavy atom. The second-order valence-corrected chi connectivity index (χ2v) is 17.0. The monoisotopic (exact) mass is 883 g/mol. The van der Waals surface area contributed by atoms with E-state index in [-0.39, 0.29) is 0 Å². The predicted octanol–water partition coefficient (Wildman–Crippen LogP) is 18.8. The molecule has 0 atom stereocenters. The van der Waals surface area contributed by atoms with E-state index in [1.165, 1.54) is 11.1 Å². The first-order chi connectivity index (χ1) is 34.2. The third-order valence-corrected chi connectivity index (χ3v) is 12.7. The molecule has 0 heterocycles. The molecule has 69 heavy (non-hydrogen) atoms. The van der Waals surface area contributed by atoms with E-state index < -0.39 is 0 Å². The Balaban J connectivity index is 0.955. The fraction of sp³-hybridized carbons (Fsp3) is 0. The van der Waals surface area contributed by atoms with Crippen LogP contribution in [0.4, 0.5) is 51.2 Å². The van der Waals surface area contributed by atoms with Gasteiger partial charge in [-0.2, -0.15) is 0 Å². The Morgan fingerprint density at radius 1 is 0.159 bits per heavy atom. The van der Waals surface area contributed by atoms with Gasteiger partial charge < -0.3 is 14.7 Å². The fourth-order valence-electron chi connectivity index (χ4n) is 9.23. The minimum Gasteiger partial charge on any atom is -0.311 e. The fourth-order valence-corrected chi connectivity index (χ4v) is 9.23. The molecule has 3 nitrogen and oxygen atoms in total. The highest BCUT2D eigenvalue weighted by Gasteiger charge is 2.20. The Bertz CT molecular complexity index is 3120. The summed E-state index contributed by atoms with van der Waals surface area (Å²) >= 11 is 0. The Hall–Kier alpha value is -9.18. The van der Waals surface area contributed by atoms with Crippen LogP contribution in [-0.4, -0.2) is 0 Å². The van der Waals surface area contributed by atoms with Crippen molar-refractivity contribution in [1.82, 2.24) is 0 Å². The topological polar surface area (TPSA) is 9.72 Å². The molecule has 3 heteroatoms. The second kappa shape index (κ2) is 19.7. The lowest BCUT2D eigenvalue weighted by Gasteiger charge is -2.29. The number of hydrogen-bond acceptors (Lipinski definition) is 3. The maximum Gasteiger partial charge on any atom is 0.0540 e. The summed E-state index contributed by atoms with van der Waals surface area (Å²) in [6.07, 6.45) is 0. The van der Waals surface area contributed by atoms with E-state index in [2.05, 4.69) is 312 Å². The molecule has 0 N–H and O–H groups in total. The predicted molar refractivity (Wildman–Crippen MR) is 292 cm³/mol. The lowest BCUT2D eigenvalue weighted by atomic mass is 9.96. The summed E-state index contributed by atoms with van der Waals surface area (Å²) in [6.45, 7) is 0. The van der Waals surface area contributed by atoms with Gasteiger partial charge in [-0.3, -0.25) is 0 Å².